The lowest BCUT2D eigenvalue weighted by Crippen LogP contribution is -2.53. The summed E-state index contributed by atoms with van der Waals surface area (Å²) in [6.45, 7) is 0.969. The Morgan fingerprint density at radius 3 is 2.24 bits per heavy atom. The van der Waals surface area contributed by atoms with Crippen molar-refractivity contribution >= 4 is 0 Å². The van der Waals surface area contributed by atoms with E-state index in [0.29, 0.717) is 12.3 Å². The van der Waals surface area contributed by atoms with Gasteiger partial charge in [0.25, 0.3) is 5.92 Å². The van der Waals surface area contributed by atoms with E-state index in [0.717, 1.165) is 32.6 Å². The summed E-state index contributed by atoms with van der Waals surface area (Å²) in [7, 11) is 0. The number of hydrogen-bond donors (Lipinski definition) is 3. The van der Waals surface area contributed by atoms with Crippen molar-refractivity contribution in [3.05, 3.63) is 0 Å². The van der Waals surface area contributed by atoms with Crippen molar-refractivity contribution in [3.63, 3.8) is 0 Å². The molecule has 0 spiro atoms. The third-order valence-electron chi connectivity index (χ3n) is 3.69. The average molecular weight is 251 g/mol. The summed E-state index contributed by atoms with van der Waals surface area (Å²) in [6.07, 6.45) is 1.98. The maximum Gasteiger partial charge on any atom is 0.299 e. The lowest BCUT2D eigenvalue weighted by Gasteiger charge is -2.32. The van der Waals surface area contributed by atoms with Gasteiger partial charge in [0, 0.05) is 6.04 Å². The van der Waals surface area contributed by atoms with E-state index in [1.807, 2.05) is 0 Å². The Morgan fingerprint density at radius 1 is 1.24 bits per heavy atom. The highest BCUT2D eigenvalue weighted by atomic mass is 19.3. The zero-order valence-corrected chi connectivity index (χ0v) is 10.3. The van der Waals surface area contributed by atoms with Gasteiger partial charge in [-0.15, -0.1) is 0 Å². The molecule has 0 heterocycles. The second-order valence-electron chi connectivity index (χ2n) is 5.20. The van der Waals surface area contributed by atoms with Crippen LogP contribution in [0.2, 0.25) is 0 Å². The van der Waals surface area contributed by atoms with Gasteiger partial charge in [-0.05, 0) is 19.3 Å². The van der Waals surface area contributed by atoms with Gasteiger partial charge in [-0.25, -0.2) is 8.78 Å². The van der Waals surface area contributed by atoms with Gasteiger partial charge < -0.3 is 15.9 Å². The van der Waals surface area contributed by atoms with Crippen molar-refractivity contribution < 1.29 is 19.0 Å². The molecule has 4 N–H and O–H groups in total. The van der Waals surface area contributed by atoms with Crippen LogP contribution in [-0.2, 0) is 0 Å². The molecule has 0 amide bonds. The molecule has 1 fully saturated rings. The summed E-state index contributed by atoms with van der Waals surface area (Å²) >= 11 is 0. The number of rotatable bonds is 5. The number of nitrogens with two attached hydrogens (primary N) is 1. The van der Waals surface area contributed by atoms with Crippen LogP contribution in [0.4, 0.5) is 8.78 Å². The van der Waals surface area contributed by atoms with E-state index >= 15 is 0 Å². The molecule has 0 aromatic heterocycles. The quantitative estimate of drug-likeness (QED) is 0.696. The topological polar surface area (TPSA) is 66.5 Å². The third kappa shape index (κ3) is 3.86. The van der Waals surface area contributed by atoms with Crippen molar-refractivity contribution in [2.45, 2.75) is 69.6 Å². The molecule has 0 aliphatic heterocycles. The fraction of sp³-hybridized carbons (Fsp3) is 1.00. The second kappa shape index (κ2) is 6.07. The van der Waals surface area contributed by atoms with E-state index in [9.17, 15) is 13.9 Å². The maximum atomic E-state index is 13.4. The molecule has 3 atom stereocenters. The van der Waals surface area contributed by atoms with Crippen LogP contribution in [0.15, 0.2) is 0 Å². The Kier molecular flexibility index (Phi) is 5.28. The van der Waals surface area contributed by atoms with Crippen LogP contribution in [0.1, 0.15) is 45.4 Å². The third-order valence-corrected chi connectivity index (χ3v) is 3.69. The fourth-order valence-electron chi connectivity index (χ4n) is 2.47. The van der Waals surface area contributed by atoms with Crippen molar-refractivity contribution in [1.82, 2.24) is 0 Å². The zero-order chi connectivity index (χ0) is 13.1. The number of aliphatic hydroxyl groups is 2. The van der Waals surface area contributed by atoms with Gasteiger partial charge in [-0.1, -0.05) is 32.1 Å². The molecule has 0 unspecified atom stereocenters. The minimum absolute atomic E-state index is 0.332. The van der Waals surface area contributed by atoms with Gasteiger partial charge in [0.2, 0.25) is 0 Å². The van der Waals surface area contributed by atoms with Crippen LogP contribution >= 0.6 is 0 Å². The van der Waals surface area contributed by atoms with Crippen LogP contribution in [0.25, 0.3) is 0 Å². The van der Waals surface area contributed by atoms with E-state index < -0.39 is 24.2 Å². The number of aliphatic hydroxyl groups excluding tert-OH is 2. The Labute approximate surface area is 101 Å². The van der Waals surface area contributed by atoms with E-state index in [-0.39, 0.29) is 0 Å². The van der Waals surface area contributed by atoms with Gasteiger partial charge in [0.1, 0.15) is 12.2 Å². The molecule has 17 heavy (non-hydrogen) atoms. The molecule has 0 saturated heterocycles. The molecular weight excluding hydrogens is 228 g/mol. The molecular formula is C12H23F2NO2. The standard InChI is InChI=1S/C12H23F2NO2/c1-8(16)12(13,14)11(17)10(15)7-9-5-3-2-4-6-9/h8-11,16-17H,2-7,15H2,1H3/t8-,10+,11-/m1/s1. The Morgan fingerprint density at radius 2 is 1.76 bits per heavy atom. The molecule has 5 heteroatoms. The van der Waals surface area contributed by atoms with Gasteiger partial charge in [-0.2, -0.15) is 0 Å². The summed E-state index contributed by atoms with van der Waals surface area (Å²) in [4.78, 5) is 0. The van der Waals surface area contributed by atoms with Crippen molar-refractivity contribution in [2.75, 3.05) is 0 Å². The SMILES string of the molecule is C[C@@H](O)C(F)(F)[C@H](O)[C@@H](N)CC1CCCCC1. The minimum Gasteiger partial charge on any atom is -0.387 e. The molecule has 1 aliphatic carbocycles. The van der Waals surface area contributed by atoms with Crippen LogP contribution in [0, 0.1) is 5.92 Å². The maximum absolute atomic E-state index is 13.4. The second-order valence-corrected chi connectivity index (χ2v) is 5.20. The summed E-state index contributed by atoms with van der Waals surface area (Å²) in [5.41, 5.74) is 5.63. The van der Waals surface area contributed by atoms with Crippen molar-refractivity contribution in [1.29, 1.82) is 0 Å². The lowest BCUT2D eigenvalue weighted by molar-refractivity contribution is -0.178. The first-order chi connectivity index (χ1) is 7.85. The Hall–Kier alpha value is -0.260. The molecule has 1 aliphatic rings. The van der Waals surface area contributed by atoms with Crippen LogP contribution in [0.3, 0.4) is 0 Å². The van der Waals surface area contributed by atoms with E-state index in [2.05, 4.69) is 0 Å². The predicted octanol–water partition coefficient (Wildman–Crippen LogP) is 1.66. The Bertz CT molecular complexity index is 231. The summed E-state index contributed by atoms with van der Waals surface area (Å²) in [5, 5.41) is 18.5. The first-order valence-corrected chi connectivity index (χ1v) is 6.35. The molecule has 0 bridgehead atoms. The minimum atomic E-state index is -3.53. The molecule has 0 radical (unpaired) electrons. The van der Waals surface area contributed by atoms with Crippen LogP contribution < -0.4 is 5.73 Å². The first-order valence-electron chi connectivity index (χ1n) is 6.35. The summed E-state index contributed by atoms with van der Waals surface area (Å²) in [5.74, 6) is -3.20. The highest BCUT2D eigenvalue weighted by Gasteiger charge is 2.46. The van der Waals surface area contributed by atoms with Crippen molar-refractivity contribution in [2.24, 2.45) is 11.7 Å². The molecule has 0 aromatic rings. The highest BCUT2D eigenvalue weighted by molar-refractivity contribution is 4.90. The first kappa shape index (κ1) is 14.8. The van der Waals surface area contributed by atoms with E-state index in [4.69, 9.17) is 10.8 Å². The Balaban J connectivity index is 2.48. The largest absolute Gasteiger partial charge is 0.387 e. The van der Waals surface area contributed by atoms with Gasteiger partial charge in [-0.3, -0.25) is 0 Å². The summed E-state index contributed by atoms with van der Waals surface area (Å²) in [6, 6.07) is -0.970. The predicted molar refractivity (Wildman–Crippen MR) is 61.8 cm³/mol. The van der Waals surface area contributed by atoms with Gasteiger partial charge in [0.05, 0.1) is 0 Å². The molecule has 1 rings (SSSR count). The smallest absolute Gasteiger partial charge is 0.299 e. The van der Waals surface area contributed by atoms with Crippen molar-refractivity contribution in [3.8, 4) is 0 Å². The van der Waals surface area contributed by atoms with E-state index in [1.54, 1.807) is 0 Å². The molecule has 3 nitrogen and oxygen atoms in total. The summed E-state index contributed by atoms with van der Waals surface area (Å²) < 4.78 is 26.7. The molecule has 0 aromatic carbocycles. The fourth-order valence-corrected chi connectivity index (χ4v) is 2.47. The monoisotopic (exact) mass is 251 g/mol. The van der Waals surface area contributed by atoms with E-state index in [1.165, 1.54) is 6.42 Å². The normalized spacial score (nSPS) is 24.4. The van der Waals surface area contributed by atoms with Gasteiger partial charge in [0.15, 0.2) is 0 Å². The lowest BCUT2D eigenvalue weighted by atomic mass is 9.83. The number of alkyl halides is 2. The molecule has 102 valence electrons. The van der Waals surface area contributed by atoms with Crippen LogP contribution in [-0.4, -0.2) is 34.4 Å². The number of halogens is 2. The molecule has 1 saturated carbocycles. The highest BCUT2D eigenvalue weighted by Crippen LogP contribution is 2.31. The number of hydrogen-bond acceptors (Lipinski definition) is 3. The van der Waals surface area contributed by atoms with Gasteiger partial charge >= 0.3 is 0 Å². The van der Waals surface area contributed by atoms with Crippen LogP contribution in [0.5, 0.6) is 0 Å². The average Bonchev–Trinajstić information content (AvgIpc) is 2.29. The zero-order valence-electron chi connectivity index (χ0n) is 10.3.